The maximum atomic E-state index is 13.3. The van der Waals surface area contributed by atoms with Crippen LogP contribution in [0.1, 0.15) is 10.4 Å². The van der Waals surface area contributed by atoms with Crippen molar-refractivity contribution in [2.45, 2.75) is 0 Å². The highest BCUT2D eigenvalue weighted by Crippen LogP contribution is 2.35. The maximum absolute atomic E-state index is 13.3. The summed E-state index contributed by atoms with van der Waals surface area (Å²) in [5.41, 5.74) is 2.62. The lowest BCUT2D eigenvalue weighted by Gasteiger charge is -2.20. The van der Waals surface area contributed by atoms with Gasteiger partial charge in [-0.05, 0) is 54.1 Å². The van der Waals surface area contributed by atoms with Crippen molar-refractivity contribution < 1.29 is 18.7 Å². The Bertz CT molecular complexity index is 1010. The molecule has 0 bridgehead atoms. The van der Waals surface area contributed by atoms with E-state index in [0.717, 1.165) is 22.9 Å². The van der Waals surface area contributed by atoms with Gasteiger partial charge in [0.25, 0.3) is 5.91 Å². The average molecular weight is 400 g/mol. The first kappa shape index (κ1) is 19.7. The number of nitrogens with zero attached hydrogens (tertiary/aromatic N) is 1. The summed E-state index contributed by atoms with van der Waals surface area (Å²) in [4.78, 5) is 14.3. The van der Waals surface area contributed by atoms with Crippen LogP contribution in [0.15, 0.2) is 60.7 Å². The molecule has 3 aromatic rings. The van der Waals surface area contributed by atoms with E-state index in [1.807, 2.05) is 30.3 Å². The van der Waals surface area contributed by atoms with Gasteiger partial charge in [-0.25, -0.2) is 4.39 Å². The Labute approximate surface area is 168 Å². The second kappa shape index (κ2) is 8.31. The van der Waals surface area contributed by atoms with E-state index in [1.165, 1.54) is 17.0 Å². The summed E-state index contributed by atoms with van der Waals surface area (Å²) in [5, 5.41) is 0.0701. The Morgan fingerprint density at radius 1 is 0.964 bits per heavy atom. The van der Waals surface area contributed by atoms with Crippen LogP contribution in [0.3, 0.4) is 0 Å². The van der Waals surface area contributed by atoms with E-state index in [2.05, 4.69) is 0 Å². The van der Waals surface area contributed by atoms with Gasteiger partial charge in [0.2, 0.25) is 0 Å². The van der Waals surface area contributed by atoms with Crippen molar-refractivity contribution in [1.29, 1.82) is 0 Å². The predicted octanol–water partition coefficient (Wildman–Crippen LogP) is 5.44. The molecule has 0 aliphatic carbocycles. The molecule has 0 N–H and O–H groups in total. The van der Waals surface area contributed by atoms with Crippen LogP contribution in [0.25, 0.3) is 11.1 Å². The Morgan fingerprint density at radius 3 is 2.29 bits per heavy atom. The van der Waals surface area contributed by atoms with Crippen LogP contribution in [-0.4, -0.2) is 27.2 Å². The molecule has 0 heterocycles. The van der Waals surface area contributed by atoms with Crippen molar-refractivity contribution in [3.8, 4) is 22.6 Å². The number of carbonyl (C=O) groups excluding carboxylic acids is 1. The summed E-state index contributed by atoms with van der Waals surface area (Å²) in [6.07, 6.45) is 0. The molecule has 3 rings (SSSR count). The van der Waals surface area contributed by atoms with E-state index in [-0.39, 0.29) is 16.5 Å². The van der Waals surface area contributed by atoms with Gasteiger partial charge >= 0.3 is 0 Å². The fourth-order valence-corrected chi connectivity index (χ4v) is 3.11. The quantitative estimate of drug-likeness (QED) is 0.573. The number of hydrogen-bond acceptors (Lipinski definition) is 3. The third-order valence-electron chi connectivity index (χ3n) is 4.44. The van der Waals surface area contributed by atoms with Gasteiger partial charge in [-0.3, -0.25) is 4.79 Å². The first-order chi connectivity index (χ1) is 13.4. The predicted molar refractivity (Wildman–Crippen MR) is 109 cm³/mol. The summed E-state index contributed by atoms with van der Waals surface area (Å²) in [7, 11) is 4.84. The van der Waals surface area contributed by atoms with Crippen LogP contribution in [0, 0.1) is 5.82 Å². The lowest BCUT2D eigenvalue weighted by atomic mass is 10.0. The van der Waals surface area contributed by atoms with Crippen LogP contribution in [0.5, 0.6) is 11.5 Å². The molecule has 144 valence electrons. The lowest BCUT2D eigenvalue weighted by molar-refractivity contribution is 0.0993. The molecule has 3 aromatic carbocycles. The van der Waals surface area contributed by atoms with Crippen LogP contribution < -0.4 is 14.4 Å². The third kappa shape index (κ3) is 3.94. The molecule has 28 heavy (non-hydrogen) atoms. The van der Waals surface area contributed by atoms with Gasteiger partial charge in [-0.2, -0.15) is 0 Å². The minimum atomic E-state index is -0.490. The van der Waals surface area contributed by atoms with Crippen molar-refractivity contribution >= 4 is 23.2 Å². The molecule has 1 amide bonds. The first-order valence-electron chi connectivity index (χ1n) is 8.50. The van der Waals surface area contributed by atoms with Crippen molar-refractivity contribution in [1.82, 2.24) is 0 Å². The number of benzene rings is 3. The molecular formula is C22H19ClFNO3. The second-order valence-corrected chi connectivity index (χ2v) is 6.51. The van der Waals surface area contributed by atoms with Gasteiger partial charge < -0.3 is 14.4 Å². The van der Waals surface area contributed by atoms with Gasteiger partial charge in [0, 0.05) is 18.3 Å². The normalized spacial score (nSPS) is 10.5. The maximum Gasteiger partial charge on any atom is 0.259 e. The Morgan fingerprint density at radius 2 is 1.68 bits per heavy atom. The van der Waals surface area contributed by atoms with Gasteiger partial charge in [-0.1, -0.05) is 23.7 Å². The molecular weight excluding hydrogens is 381 g/mol. The Hall–Kier alpha value is -3.05. The topological polar surface area (TPSA) is 38.8 Å². The van der Waals surface area contributed by atoms with Gasteiger partial charge in [0.1, 0.15) is 17.3 Å². The molecule has 0 saturated heterocycles. The SMILES string of the molecule is COc1ccc(-c2cc(N(C)C(=O)c3ccc(F)cc3Cl)ccc2OC)cc1. The van der Waals surface area contributed by atoms with E-state index in [1.54, 1.807) is 33.4 Å². The molecule has 0 spiro atoms. The smallest absolute Gasteiger partial charge is 0.259 e. The molecule has 0 radical (unpaired) electrons. The summed E-state index contributed by atoms with van der Waals surface area (Å²) >= 11 is 6.04. The molecule has 0 aromatic heterocycles. The zero-order chi connectivity index (χ0) is 20.3. The standard InChI is InChI=1S/C22H19ClFNO3/c1-25(22(26)18-10-6-15(24)12-20(18)23)16-7-11-21(28-3)19(13-16)14-4-8-17(27-2)9-5-14/h4-13H,1-3H3. The van der Waals surface area contributed by atoms with E-state index < -0.39 is 5.82 Å². The van der Waals surface area contributed by atoms with Crippen LogP contribution in [0.4, 0.5) is 10.1 Å². The highest BCUT2D eigenvalue weighted by Gasteiger charge is 2.18. The molecule has 0 aliphatic rings. The number of carbonyl (C=O) groups is 1. The molecule has 0 saturated carbocycles. The minimum absolute atomic E-state index is 0.0701. The first-order valence-corrected chi connectivity index (χ1v) is 8.88. The summed E-state index contributed by atoms with van der Waals surface area (Å²) in [5.74, 6) is 0.595. The van der Waals surface area contributed by atoms with E-state index >= 15 is 0 Å². The number of halogens is 2. The van der Waals surface area contributed by atoms with Crippen molar-refractivity contribution in [2.75, 3.05) is 26.2 Å². The molecule has 4 nitrogen and oxygen atoms in total. The monoisotopic (exact) mass is 399 g/mol. The zero-order valence-corrected chi connectivity index (χ0v) is 16.5. The van der Waals surface area contributed by atoms with Crippen molar-refractivity contribution in [3.05, 3.63) is 77.1 Å². The molecule has 0 atom stereocenters. The fourth-order valence-electron chi connectivity index (χ4n) is 2.86. The highest BCUT2D eigenvalue weighted by atomic mass is 35.5. The number of rotatable bonds is 5. The van der Waals surface area contributed by atoms with E-state index in [0.29, 0.717) is 11.4 Å². The Balaban J connectivity index is 1.98. The van der Waals surface area contributed by atoms with Crippen molar-refractivity contribution in [2.24, 2.45) is 0 Å². The summed E-state index contributed by atoms with van der Waals surface area (Å²) in [6.45, 7) is 0. The number of amides is 1. The van der Waals surface area contributed by atoms with Gasteiger partial charge in [0.05, 0.1) is 24.8 Å². The number of anilines is 1. The fraction of sp³-hybridized carbons (Fsp3) is 0.136. The van der Waals surface area contributed by atoms with Gasteiger partial charge in [0.15, 0.2) is 0 Å². The number of ether oxygens (including phenoxy) is 2. The minimum Gasteiger partial charge on any atom is -0.497 e. The molecule has 0 unspecified atom stereocenters. The number of methoxy groups -OCH3 is 2. The average Bonchev–Trinajstić information content (AvgIpc) is 2.72. The van der Waals surface area contributed by atoms with Gasteiger partial charge in [-0.15, -0.1) is 0 Å². The van der Waals surface area contributed by atoms with Crippen LogP contribution in [-0.2, 0) is 0 Å². The summed E-state index contributed by atoms with van der Waals surface area (Å²) in [6, 6.07) is 16.7. The zero-order valence-electron chi connectivity index (χ0n) is 15.7. The second-order valence-electron chi connectivity index (χ2n) is 6.10. The number of hydrogen-bond donors (Lipinski definition) is 0. The highest BCUT2D eigenvalue weighted by molar-refractivity contribution is 6.34. The van der Waals surface area contributed by atoms with Crippen LogP contribution in [0.2, 0.25) is 5.02 Å². The van der Waals surface area contributed by atoms with E-state index in [4.69, 9.17) is 21.1 Å². The van der Waals surface area contributed by atoms with Crippen LogP contribution >= 0.6 is 11.6 Å². The summed E-state index contributed by atoms with van der Waals surface area (Å²) < 4.78 is 24.0. The molecule has 0 aliphatic heterocycles. The van der Waals surface area contributed by atoms with Crippen molar-refractivity contribution in [3.63, 3.8) is 0 Å². The molecule has 0 fully saturated rings. The Kier molecular flexibility index (Phi) is 5.85. The largest absolute Gasteiger partial charge is 0.497 e. The van der Waals surface area contributed by atoms with E-state index in [9.17, 15) is 9.18 Å². The third-order valence-corrected chi connectivity index (χ3v) is 4.75. The lowest BCUT2D eigenvalue weighted by Crippen LogP contribution is -2.26. The molecule has 6 heteroatoms.